The Morgan fingerprint density at radius 2 is 2.33 bits per heavy atom. The smallest absolute Gasteiger partial charge is 0.288 e. The van der Waals surface area contributed by atoms with E-state index in [0.717, 1.165) is 17.9 Å². The lowest BCUT2D eigenvalue weighted by Crippen LogP contribution is -2.45. The third kappa shape index (κ3) is 1.84. The molecule has 2 N–H and O–H groups in total. The zero-order valence-corrected chi connectivity index (χ0v) is 10.3. The zero-order valence-electron chi connectivity index (χ0n) is 9.46. The third-order valence-corrected chi connectivity index (χ3v) is 3.58. The number of thioether (sulfide) groups is 1. The first kappa shape index (κ1) is 11.2. The molecule has 3 rings (SSSR count). The van der Waals surface area contributed by atoms with Gasteiger partial charge in [-0.1, -0.05) is 12.1 Å². The molecule has 0 radical (unpaired) electrons. The minimum atomic E-state index is -0.189. The van der Waals surface area contributed by atoms with Gasteiger partial charge in [-0.25, -0.2) is 5.43 Å². The first-order valence-corrected chi connectivity index (χ1v) is 6.57. The summed E-state index contributed by atoms with van der Waals surface area (Å²) in [5, 5.41) is 15.4. The topological polar surface area (TPSA) is 64.9 Å². The Hall–Kier alpha value is -1.95. The van der Waals surface area contributed by atoms with Crippen molar-refractivity contribution in [1.29, 1.82) is 0 Å². The molecule has 0 saturated carbocycles. The molecule has 0 unspecified atom stereocenters. The monoisotopic (exact) mass is 261 g/mol. The van der Waals surface area contributed by atoms with Crippen molar-refractivity contribution in [3.63, 3.8) is 0 Å². The molecule has 6 heteroatoms. The van der Waals surface area contributed by atoms with Crippen molar-refractivity contribution in [2.24, 2.45) is 5.10 Å². The normalized spacial score (nSPS) is 18.7. The van der Waals surface area contributed by atoms with E-state index in [1.807, 2.05) is 16.4 Å². The molecule has 0 saturated heterocycles. The SMILES string of the molecule is O=C1NN=C(c2cccc(O)c2)N2CCSC=C12. The summed E-state index contributed by atoms with van der Waals surface area (Å²) in [5.41, 5.74) is 3.89. The molecule has 18 heavy (non-hydrogen) atoms. The van der Waals surface area contributed by atoms with Crippen LogP contribution in [0.25, 0.3) is 0 Å². The van der Waals surface area contributed by atoms with Gasteiger partial charge in [-0.2, -0.15) is 5.10 Å². The minimum absolute atomic E-state index is 0.184. The van der Waals surface area contributed by atoms with Crippen molar-refractivity contribution < 1.29 is 9.90 Å². The number of nitrogens with one attached hydrogen (secondary N) is 1. The summed E-state index contributed by atoms with van der Waals surface area (Å²) in [7, 11) is 0. The van der Waals surface area contributed by atoms with Crippen molar-refractivity contribution in [3.8, 4) is 5.75 Å². The summed E-state index contributed by atoms with van der Waals surface area (Å²) in [6.07, 6.45) is 0. The van der Waals surface area contributed by atoms with E-state index >= 15 is 0 Å². The number of carbonyl (C=O) groups excluding carboxylic acids is 1. The van der Waals surface area contributed by atoms with Gasteiger partial charge in [-0.15, -0.1) is 11.8 Å². The van der Waals surface area contributed by atoms with Gasteiger partial charge in [-0.05, 0) is 12.1 Å². The van der Waals surface area contributed by atoms with Crippen LogP contribution in [0.5, 0.6) is 5.75 Å². The Kier molecular flexibility index (Phi) is 2.71. The third-order valence-electron chi connectivity index (χ3n) is 2.77. The number of amides is 1. The Labute approximate surface area is 108 Å². The van der Waals surface area contributed by atoms with Crippen LogP contribution in [0.1, 0.15) is 5.56 Å². The van der Waals surface area contributed by atoms with E-state index in [2.05, 4.69) is 10.5 Å². The fourth-order valence-corrected chi connectivity index (χ4v) is 2.75. The van der Waals surface area contributed by atoms with Gasteiger partial charge in [0.05, 0.1) is 0 Å². The van der Waals surface area contributed by atoms with E-state index in [1.165, 1.54) is 0 Å². The van der Waals surface area contributed by atoms with Crippen LogP contribution in [0.3, 0.4) is 0 Å². The molecule has 1 aromatic rings. The molecule has 0 bridgehead atoms. The number of fused-ring (bicyclic) bond motifs is 1. The summed E-state index contributed by atoms with van der Waals surface area (Å²) >= 11 is 1.62. The average Bonchev–Trinajstić information content (AvgIpc) is 2.39. The van der Waals surface area contributed by atoms with Gasteiger partial charge in [0.1, 0.15) is 11.4 Å². The summed E-state index contributed by atoms with van der Waals surface area (Å²) in [4.78, 5) is 13.6. The van der Waals surface area contributed by atoms with Crippen LogP contribution in [0, 0.1) is 0 Å². The van der Waals surface area contributed by atoms with Crippen LogP contribution in [0.2, 0.25) is 0 Å². The van der Waals surface area contributed by atoms with E-state index in [1.54, 1.807) is 30.0 Å². The number of phenolic OH excluding ortho intramolecular Hbond substituents is 1. The predicted molar refractivity (Wildman–Crippen MR) is 70.0 cm³/mol. The van der Waals surface area contributed by atoms with Crippen molar-refractivity contribution in [1.82, 2.24) is 10.3 Å². The molecule has 92 valence electrons. The second-order valence-corrected chi connectivity index (χ2v) is 4.93. The number of benzene rings is 1. The Morgan fingerprint density at radius 1 is 1.44 bits per heavy atom. The fraction of sp³-hybridized carbons (Fsp3) is 0.167. The minimum Gasteiger partial charge on any atom is -0.508 e. The maximum absolute atomic E-state index is 11.7. The van der Waals surface area contributed by atoms with Gasteiger partial charge < -0.3 is 10.0 Å². The number of hydrogen-bond acceptors (Lipinski definition) is 5. The molecular formula is C12H11N3O2S. The van der Waals surface area contributed by atoms with Crippen LogP contribution in [-0.2, 0) is 4.79 Å². The number of hydrogen-bond donors (Lipinski definition) is 2. The lowest BCUT2D eigenvalue weighted by molar-refractivity contribution is -0.119. The Bertz CT molecular complexity index is 568. The van der Waals surface area contributed by atoms with Crippen LogP contribution >= 0.6 is 11.8 Å². The van der Waals surface area contributed by atoms with E-state index < -0.39 is 0 Å². The van der Waals surface area contributed by atoms with Crippen molar-refractivity contribution >= 4 is 23.5 Å². The summed E-state index contributed by atoms with van der Waals surface area (Å²) in [6.45, 7) is 0.735. The molecule has 0 fully saturated rings. The maximum Gasteiger partial charge on any atom is 0.288 e. The number of rotatable bonds is 1. The zero-order chi connectivity index (χ0) is 12.5. The first-order chi connectivity index (χ1) is 8.75. The largest absolute Gasteiger partial charge is 0.508 e. The van der Waals surface area contributed by atoms with Gasteiger partial charge in [0.25, 0.3) is 5.91 Å². The van der Waals surface area contributed by atoms with Crippen molar-refractivity contribution in [2.75, 3.05) is 12.3 Å². The molecule has 0 spiro atoms. The molecule has 0 aliphatic carbocycles. The Morgan fingerprint density at radius 3 is 3.17 bits per heavy atom. The highest BCUT2D eigenvalue weighted by Gasteiger charge is 2.29. The number of hydrazone groups is 1. The number of carbonyl (C=O) groups is 1. The second kappa shape index (κ2) is 4.38. The van der Waals surface area contributed by atoms with E-state index in [0.29, 0.717) is 11.5 Å². The molecule has 2 heterocycles. The second-order valence-electron chi connectivity index (χ2n) is 3.95. The predicted octanol–water partition coefficient (Wildman–Crippen LogP) is 1.07. The number of aromatic hydroxyl groups is 1. The average molecular weight is 261 g/mol. The van der Waals surface area contributed by atoms with Gasteiger partial charge in [-0.3, -0.25) is 4.79 Å². The van der Waals surface area contributed by atoms with Crippen LogP contribution < -0.4 is 5.43 Å². The number of phenols is 1. The highest BCUT2D eigenvalue weighted by atomic mass is 32.2. The molecular weight excluding hydrogens is 250 g/mol. The van der Waals surface area contributed by atoms with E-state index in [-0.39, 0.29) is 11.7 Å². The highest BCUT2D eigenvalue weighted by molar-refractivity contribution is 8.02. The van der Waals surface area contributed by atoms with Gasteiger partial charge in [0.2, 0.25) is 0 Å². The van der Waals surface area contributed by atoms with E-state index in [9.17, 15) is 9.90 Å². The number of nitrogens with zero attached hydrogens (tertiary/aromatic N) is 2. The van der Waals surface area contributed by atoms with Gasteiger partial charge in [0, 0.05) is 23.3 Å². The van der Waals surface area contributed by atoms with Crippen LogP contribution in [0.4, 0.5) is 0 Å². The standard InChI is InChI=1S/C12H11N3O2S/c16-9-3-1-2-8(6-9)11-13-14-12(17)10-7-18-5-4-15(10)11/h1-3,6-7,16H,4-5H2,(H,14,17). The Balaban J connectivity index is 2.04. The molecule has 2 aliphatic rings. The first-order valence-electron chi connectivity index (χ1n) is 5.52. The van der Waals surface area contributed by atoms with E-state index in [4.69, 9.17) is 0 Å². The molecule has 0 atom stereocenters. The van der Waals surface area contributed by atoms with Crippen LogP contribution in [-0.4, -0.2) is 34.0 Å². The van der Waals surface area contributed by atoms with Gasteiger partial charge in [0.15, 0.2) is 5.84 Å². The van der Waals surface area contributed by atoms with Crippen LogP contribution in [0.15, 0.2) is 40.5 Å². The quantitative estimate of drug-likeness (QED) is 0.794. The molecule has 1 aromatic carbocycles. The molecule has 2 aliphatic heterocycles. The maximum atomic E-state index is 11.7. The van der Waals surface area contributed by atoms with Crippen molar-refractivity contribution in [3.05, 3.63) is 40.9 Å². The van der Waals surface area contributed by atoms with Gasteiger partial charge >= 0.3 is 0 Å². The lowest BCUT2D eigenvalue weighted by Gasteiger charge is -2.32. The molecule has 5 nitrogen and oxygen atoms in total. The number of amidine groups is 1. The highest BCUT2D eigenvalue weighted by Crippen LogP contribution is 2.24. The summed E-state index contributed by atoms with van der Waals surface area (Å²) < 4.78 is 0. The van der Waals surface area contributed by atoms with Crippen molar-refractivity contribution in [2.45, 2.75) is 0 Å². The summed E-state index contributed by atoms with van der Waals surface area (Å²) in [5.74, 6) is 1.57. The molecule has 1 amide bonds. The molecule has 0 aromatic heterocycles. The fourth-order valence-electron chi connectivity index (χ4n) is 1.95. The summed E-state index contributed by atoms with van der Waals surface area (Å²) in [6, 6.07) is 6.85. The lowest BCUT2D eigenvalue weighted by atomic mass is 10.1.